The monoisotopic (exact) mass is 256 g/mol. The number of hydrogen-bond acceptors (Lipinski definition) is 4. The number of hydrogen-bond donors (Lipinski definition) is 1. The van der Waals surface area contributed by atoms with Crippen molar-refractivity contribution in [3.05, 3.63) is 36.3 Å². The average Bonchev–Trinajstić information content (AvgIpc) is 2.95. The molecule has 2 aromatic rings. The van der Waals surface area contributed by atoms with Crippen molar-refractivity contribution in [2.24, 2.45) is 0 Å². The van der Waals surface area contributed by atoms with Crippen LogP contribution in [0, 0.1) is 11.3 Å². The largest absolute Gasteiger partial charge is 0.452 e. The lowest BCUT2D eigenvalue weighted by Gasteiger charge is -2.12. The van der Waals surface area contributed by atoms with Crippen LogP contribution in [0.2, 0.25) is 0 Å². The number of anilines is 1. The zero-order valence-electron chi connectivity index (χ0n) is 10.5. The molecule has 19 heavy (non-hydrogen) atoms. The lowest BCUT2D eigenvalue weighted by atomic mass is 10.1. The zero-order valence-corrected chi connectivity index (χ0v) is 10.5. The molecular weight excluding hydrogens is 244 g/mol. The average molecular weight is 256 g/mol. The molecule has 0 aliphatic carbocycles. The van der Waals surface area contributed by atoms with Gasteiger partial charge in [0, 0.05) is 25.0 Å². The number of aromatic nitrogens is 2. The molecule has 6 nitrogen and oxygen atoms in total. The molecule has 2 rings (SSSR count). The van der Waals surface area contributed by atoms with Gasteiger partial charge in [-0.25, -0.2) is 9.78 Å². The van der Waals surface area contributed by atoms with Crippen LogP contribution in [-0.4, -0.2) is 30.2 Å². The number of H-pyrrole nitrogens is 1. The van der Waals surface area contributed by atoms with Crippen molar-refractivity contribution in [1.29, 1.82) is 5.26 Å². The Morgan fingerprint density at radius 3 is 3.05 bits per heavy atom. The van der Waals surface area contributed by atoms with E-state index < -0.39 is 6.09 Å². The number of pyridine rings is 1. The minimum Gasteiger partial charge on any atom is -0.452 e. The fraction of sp³-hybridized carbons (Fsp3) is 0.154. The minimum atomic E-state index is -0.461. The van der Waals surface area contributed by atoms with E-state index in [9.17, 15) is 4.79 Å². The molecular formula is C13H12N4O2. The molecule has 2 aromatic heterocycles. The fourth-order valence-electron chi connectivity index (χ4n) is 1.69. The minimum absolute atomic E-state index is 0.330. The van der Waals surface area contributed by atoms with Gasteiger partial charge in [0.05, 0.1) is 18.5 Å². The van der Waals surface area contributed by atoms with Crippen LogP contribution >= 0.6 is 0 Å². The number of amides is 1. The Bertz CT molecular complexity index is 642. The summed E-state index contributed by atoms with van der Waals surface area (Å²) in [5.41, 5.74) is 2.39. The first-order valence-electron chi connectivity index (χ1n) is 5.53. The Morgan fingerprint density at radius 1 is 1.58 bits per heavy atom. The molecule has 0 aromatic carbocycles. The molecule has 96 valence electrons. The van der Waals surface area contributed by atoms with Gasteiger partial charge in [-0.15, -0.1) is 0 Å². The van der Waals surface area contributed by atoms with E-state index in [-0.39, 0.29) is 0 Å². The van der Waals surface area contributed by atoms with Gasteiger partial charge in [0.2, 0.25) is 0 Å². The van der Waals surface area contributed by atoms with Crippen molar-refractivity contribution < 1.29 is 9.53 Å². The second-order valence-corrected chi connectivity index (χ2v) is 3.81. The van der Waals surface area contributed by atoms with E-state index in [0.29, 0.717) is 16.9 Å². The number of nitrogens with zero attached hydrogens (tertiary/aromatic N) is 3. The SMILES string of the molecule is COC(=O)N(C)c1c[nH]c(-c2cccnc2C#N)c1. The molecule has 0 bridgehead atoms. The van der Waals surface area contributed by atoms with Gasteiger partial charge in [0.1, 0.15) is 11.8 Å². The molecule has 0 aliphatic rings. The summed E-state index contributed by atoms with van der Waals surface area (Å²) in [5.74, 6) is 0. The predicted octanol–water partition coefficient (Wildman–Crippen LogP) is 2.15. The maximum atomic E-state index is 11.4. The first kappa shape index (κ1) is 12.6. The van der Waals surface area contributed by atoms with Gasteiger partial charge < -0.3 is 9.72 Å². The van der Waals surface area contributed by atoms with E-state index in [1.807, 2.05) is 6.07 Å². The smallest absolute Gasteiger partial charge is 0.413 e. The molecule has 0 aliphatic heterocycles. The van der Waals surface area contributed by atoms with Gasteiger partial charge >= 0.3 is 6.09 Å². The second-order valence-electron chi connectivity index (χ2n) is 3.81. The predicted molar refractivity (Wildman–Crippen MR) is 69.5 cm³/mol. The van der Waals surface area contributed by atoms with Crippen LogP contribution < -0.4 is 4.90 Å². The van der Waals surface area contributed by atoms with Crippen molar-refractivity contribution in [2.75, 3.05) is 19.1 Å². The number of aromatic amines is 1. The molecule has 0 atom stereocenters. The fourth-order valence-corrected chi connectivity index (χ4v) is 1.69. The number of ether oxygens (including phenoxy) is 1. The van der Waals surface area contributed by atoms with E-state index >= 15 is 0 Å². The van der Waals surface area contributed by atoms with E-state index in [4.69, 9.17) is 5.26 Å². The first-order chi connectivity index (χ1) is 9.17. The number of carbonyl (C=O) groups is 1. The third kappa shape index (κ3) is 2.40. The summed E-state index contributed by atoms with van der Waals surface area (Å²) in [7, 11) is 2.93. The number of nitrogens with one attached hydrogen (secondary N) is 1. The highest BCUT2D eigenvalue weighted by Crippen LogP contribution is 2.25. The van der Waals surface area contributed by atoms with Crippen molar-refractivity contribution >= 4 is 11.8 Å². The quantitative estimate of drug-likeness (QED) is 0.892. The normalized spacial score (nSPS) is 9.74. The Morgan fingerprint density at radius 2 is 2.37 bits per heavy atom. The van der Waals surface area contributed by atoms with Gasteiger partial charge in [-0.2, -0.15) is 5.26 Å². The molecule has 0 saturated carbocycles. The molecule has 0 unspecified atom stereocenters. The second kappa shape index (κ2) is 5.23. The van der Waals surface area contributed by atoms with E-state index in [1.165, 1.54) is 12.0 Å². The van der Waals surface area contributed by atoms with E-state index in [1.54, 1.807) is 37.6 Å². The van der Waals surface area contributed by atoms with Crippen molar-refractivity contribution in [1.82, 2.24) is 9.97 Å². The standard InChI is InChI=1S/C13H12N4O2/c1-17(13(18)19-2)9-6-11(16-8-9)10-4-3-5-15-12(10)7-14/h3-6,8,16H,1-2H3. The summed E-state index contributed by atoms with van der Waals surface area (Å²) in [6, 6.07) is 7.33. The van der Waals surface area contributed by atoms with Gasteiger partial charge in [-0.05, 0) is 18.2 Å². The molecule has 1 amide bonds. The third-order valence-electron chi connectivity index (χ3n) is 2.71. The van der Waals surface area contributed by atoms with Gasteiger partial charge in [-0.3, -0.25) is 4.90 Å². The van der Waals surface area contributed by atoms with Crippen LogP contribution in [0.25, 0.3) is 11.3 Å². The summed E-state index contributed by atoms with van der Waals surface area (Å²) < 4.78 is 4.63. The number of rotatable bonds is 2. The highest BCUT2D eigenvalue weighted by Gasteiger charge is 2.14. The first-order valence-corrected chi connectivity index (χ1v) is 5.53. The topological polar surface area (TPSA) is 82.0 Å². The maximum Gasteiger partial charge on any atom is 0.413 e. The van der Waals surface area contributed by atoms with Crippen molar-refractivity contribution in [2.45, 2.75) is 0 Å². The molecule has 0 spiro atoms. The lowest BCUT2D eigenvalue weighted by molar-refractivity contribution is 0.180. The Labute approximate surface area is 110 Å². The van der Waals surface area contributed by atoms with E-state index in [0.717, 1.165) is 5.69 Å². The van der Waals surface area contributed by atoms with Gasteiger partial charge in [0.25, 0.3) is 0 Å². The maximum absolute atomic E-state index is 11.4. The van der Waals surface area contributed by atoms with Crippen LogP contribution in [0.3, 0.4) is 0 Å². The summed E-state index contributed by atoms with van der Waals surface area (Å²) >= 11 is 0. The zero-order chi connectivity index (χ0) is 13.8. The summed E-state index contributed by atoms with van der Waals surface area (Å²) in [5, 5.41) is 9.01. The highest BCUT2D eigenvalue weighted by atomic mass is 16.5. The Balaban J connectivity index is 2.37. The number of carbonyl (C=O) groups excluding carboxylic acids is 1. The highest BCUT2D eigenvalue weighted by molar-refractivity contribution is 5.88. The molecule has 0 fully saturated rings. The van der Waals surface area contributed by atoms with Gasteiger partial charge in [0.15, 0.2) is 0 Å². The Kier molecular flexibility index (Phi) is 3.48. The van der Waals surface area contributed by atoms with Gasteiger partial charge in [-0.1, -0.05) is 0 Å². The number of methoxy groups -OCH3 is 1. The van der Waals surface area contributed by atoms with Crippen molar-refractivity contribution in [3.8, 4) is 17.3 Å². The van der Waals surface area contributed by atoms with E-state index in [2.05, 4.69) is 14.7 Å². The molecule has 0 radical (unpaired) electrons. The van der Waals surface area contributed by atoms with Crippen LogP contribution in [0.1, 0.15) is 5.69 Å². The lowest BCUT2D eigenvalue weighted by Crippen LogP contribution is -2.25. The molecule has 1 N–H and O–H groups in total. The third-order valence-corrected chi connectivity index (χ3v) is 2.71. The summed E-state index contributed by atoms with van der Waals surface area (Å²) in [6.07, 6.45) is 2.77. The van der Waals surface area contributed by atoms with Crippen LogP contribution in [0.4, 0.5) is 10.5 Å². The van der Waals surface area contributed by atoms with Crippen LogP contribution in [0.5, 0.6) is 0 Å². The van der Waals surface area contributed by atoms with Crippen LogP contribution in [0.15, 0.2) is 30.6 Å². The molecule has 0 saturated heterocycles. The molecule has 2 heterocycles. The summed E-state index contributed by atoms with van der Waals surface area (Å²) in [6.45, 7) is 0. The summed E-state index contributed by atoms with van der Waals surface area (Å²) in [4.78, 5) is 19.8. The van der Waals surface area contributed by atoms with Crippen molar-refractivity contribution in [3.63, 3.8) is 0 Å². The number of nitriles is 1. The molecule has 6 heteroatoms. The Hall–Kier alpha value is -2.81. The van der Waals surface area contributed by atoms with Crippen LogP contribution in [-0.2, 0) is 4.74 Å².